The Hall–Kier alpha value is -3.12. The van der Waals surface area contributed by atoms with Crippen LogP contribution >= 0.6 is 11.6 Å². The third-order valence-corrected chi connectivity index (χ3v) is 6.50. The molecule has 1 saturated heterocycles. The zero-order valence-corrected chi connectivity index (χ0v) is 16.9. The minimum atomic E-state index is -0.454. The average Bonchev–Trinajstić information content (AvgIpc) is 3.42. The van der Waals surface area contributed by atoms with Gasteiger partial charge in [-0.1, -0.05) is 35.9 Å². The number of rotatable bonds is 4. The number of carbonyl (C=O) groups excluding carboxylic acids is 3. The van der Waals surface area contributed by atoms with Crippen LogP contribution in [0.25, 0.3) is 0 Å². The lowest BCUT2D eigenvalue weighted by Gasteiger charge is -2.20. The first kappa shape index (κ1) is 18.9. The first-order chi connectivity index (χ1) is 14.5. The number of carbonyl (C=O) groups is 3. The Morgan fingerprint density at radius 2 is 1.73 bits per heavy atom. The number of benzene rings is 2. The molecule has 4 atom stereocenters. The van der Waals surface area contributed by atoms with Crippen LogP contribution in [0.3, 0.4) is 0 Å². The molecular formula is C23H19ClN2O4. The number of imide groups is 1. The molecule has 30 heavy (non-hydrogen) atoms. The number of hydrogen-bond donors (Lipinski definition) is 1. The molecule has 0 spiro atoms. The molecular weight excluding hydrogens is 404 g/mol. The number of halogens is 1. The van der Waals surface area contributed by atoms with Crippen molar-refractivity contribution in [2.45, 2.75) is 6.42 Å². The van der Waals surface area contributed by atoms with Crippen molar-refractivity contribution in [1.82, 2.24) is 0 Å². The standard InChI is InChI=1S/C23H19ClN2O4/c1-30-18-9-8-14(24)11-16(18)25-21(27)15-4-2-3-5-17(15)26-22(28)19-12-6-7-13(10-12)20(19)23(26)29/h2-9,11-13,19-20H,10H2,1H3,(H,25,27)/t12-,13-,19-,20-/m0/s1. The van der Waals surface area contributed by atoms with Gasteiger partial charge in [-0.3, -0.25) is 14.4 Å². The van der Waals surface area contributed by atoms with E-state index in [1.807, 2.05) is 12.2 Å². The Bertz CT molecular complexity index is 1080. The van der Waals surface area contributed by atoms with Gasteiger partial charge < -0.3 is 10.1 Å². The van der Waals surface area contributed by atoms with Gasteiger partial charge >= 0.3 is 0 Å². The molecule has 3 amide bonds. The number of ether oxygens (including phenoxy) is 1. The fourth-order valence-electron chi connectivity index (χ4n) is 4.97. The maximum absolute atomic E-state index is 13.2. The van der Waals surface area contributed by atoms with E-state index >= 15 is 0 Å². The van der Waals surface area contributed by atoms with Crippen molar-refractivity contribution < 1.29 is 19.1 Å². The zero-order chi connectivity index (χ0) is 21.0. The monoisotopic (exact) mass is 422 g/mol. The second kappa shape index (κ2) is 6.99. The molecule has 6 nitrogen and oxygen atoms in total. The van der Waals surface area contributed by atoms with Gasteiger partial charge in [-0.2, -0.15) is 0 Å². The highest BCUT2D eigenvalue weighted by molar-refractivity contribution is 6.31. The van der Waals surface area contributed by atoms with Crippen molar-refractivity contribution in [1.29, 1.82) is 0 Å². The molecule has 1 aliphatic heterocycles. The Morgan fingerprint density at radius 3 is 2.40 bits per heavy atom. The topological polar surface area (TPSA) is 75.7 Å². The van der Waals surface area contributed by atoms with E-state index in [0.717, 1.165) is 6.42 Å². The van der Waals surface area contributed by atoms with Crippen LogP contribution in [0.2, 0.25) is 5.02 Å². The number of nitrogens with one attached hydrogen (secondary N) is 1. The summed E-state index contributed by atoms with van der Waals surface area (Å²) in [6.45, 7) is 0. The lowest BCUT2D eigenvalue weighted by Crippen LogP contribution is -2.34. The van der Waals surface area contributed by atoms with Crippen LogP contribution in [0.15, 0.2) is 54.6 Å². The summed E-state index contributed by atoms with van der Waals surface area (Å²) >= 11 is 6.05. The number of anilines is 2. The molecule has 2 aromatic carbocycles. The first-order valence-corrected chi connectivity index (χ1v) is 10.2. The van der Waals surface area contributed by atoms with Gasteiger partial charge in [-0.15, -0.1) is 0 Å². The molecule has 1 saturated carbocycles. The Kier molecular flexibility index (Phi) is 4.40. The molecule has 0 unspecified atom stereocenters. The third kappa shape index (κ3) is 2.75. The van der Waals surface area contributed by atoms with E-state index in [1.165, 1.54) is 12.0 Å². The predicted molar refractivity (Wildman–Crippen MR) is 113 cm³/mol. The van der Waals surface area contributed by atoms with Crippen LogP contribution in [-0.4, -0.2) is 24.8 Å². The predicted octanol–water partition coefficient (Wildman–Crippen LogP) is 3.91. The molecule has 152 valence electrons. The highest BCUT2D eigenvalue weighted by atomic mass is 35.5. The van der Waals surface area contributed by atoms with E-state index in [-0.39, 0.29) is 41.0 Å². The lowest BCUT2D eigenvalue weighted by molar-refractivity contribution is -0.123. The van der Waals surface area contributed by atoms with E-state index < -0.39 is 5.91 Å². The average molecular weight is 423 g/mol. The van der Waals surface area contributed by atoms with Crippen molar-refractivity contribution in [3.63, 3.8) is 0 Å². The first-order valence-electron chi connectivity index (χ1n) is 9.79. The molecule has 5 rings (SSSR count). The molecule has 3 aliphatic rings. The lowest BCUT2D eigenvalue weighted by atomic mass is 9.85. The number of amides is 3. The number of allylic oxidation sites excluding steroid dienone is 2. The number of methoxy groups -OCH3 is 1. The summed E-state index contributed by atoms with van der Waals surface area (Å²) in [5, 5.41) is 3.23. The van der Waals surface area contributed by atoms with E-state index in [0.29, 0.717) is 22.1 Å². The summed E-state index contributed by atoms with van der Waals surface area (Å²) in [7, 11) is 1.50. The molecule has 1 N–H and O–H groups in total. The van der Waals surface area contributed by atoms with Gasteiger partial charge in [0.15, 0.2) is 0 Å². The molecule has 2 fully saturated rings. The summed E-state index contributed by atoms with van der Waals surface area (Å²) in [4.78, 5) is 40.6. The van der Waals surface area contributed by atoms with Crippen LogP contribution < -0.4 is 15.0 Å². The summed E-state index contributed by atoms with van der Waals surface area (Å²) in [6.07, 6.45) is 4.95. The van der Waals surface area contributed by atoms with Crippen LogP contribution in [0, 0.1) is 23.7 Å². The summed E-state index contributed by atoms with van der Waals surface area (Å²) in [5.41, 5.74) is 0.948. The van der Waals surface area contributed by atoms with Gasteiger partial charge in [-0.25, -0.2) is 4.90 Å². The fraction of sp³-hybridized carbons (Fsp3) is 0.261. The van der Waals surface area contributed by atoms with Gasteiger partial charge in [0.2, 0.25) is 11.8 Å². The fourth-order valence-corrected chi connectivity index (χ4v) is 5.14. The summed E-state index contributed by atoms with van der Waals surface area (Å²) in [5.74, 6) is -0.866. The van der Waals surface area contributed by atoms with Gasteiger partial charge in [-0.05, 0) is 48.6 Å². The Labute approximate surface area is 178 Å². The molecule has 2 aromatic rings. The molecule has 2 bridgehead atoms. The molecule has 1 heterocycles. The van der Waals surface area contributed by atoms with Crippen molar-refractivity contribution in [2.24, 2.45) is 23.7 Å². The molecule has 0 aromatic heterocycles. The molecule has 7 heteroatoms. The number of hydrogen-bond acceptors (Lipinski definition) is 4. The van der Waals surface area contributed by atoms with E-state index in [4.69, 9.17) is 16.3 Å². The number of fused-ring (bicyclic) bond motifs is 5. The molecule has 0 radical (unpaired) electrons. The van der Waals surface area contributed by atoms with Crippen molar-refractivity contribution in [3.8, 4) is 5.75 Å². The van der Waals surface area contributed by atoms with Crippen LogP contribution in [-0.2, 0) is 9.59 Å². The maximum Gasteiger partial charge on any atom is 0.257 e. The van der Waals surface area contributed by atoms with Crippen LogP contribution in [0.5, 0.6) is 5.75 Å². The van der Waals surface area contributed by atoms with Crippen LogP contribution in [0.1, 0.15) is 16.8 Å². The third-order valence-electron chi connectivity index (χ3n) is 6.27. The Balaban J connectivity index is 1.48. The van der Waals surface area contributed by atoms with Gasteiger partial charge in [0, 0.05) is 5.02 Å². The minimum absolute atomic E-state index is 0.109. The zero-order valence-electron chi connectivity index (χ0n) is 16.2. The quantitative estimate of drug-likeness (QED) is 0.598. The maximum atomic E-state index is 13.2. The summed E-state index contributed by atoms with van der Waals surface area (Å²) < 4.78 is 5.28. The second-order valence-electron chi connectivity index (χ2n) is 7.83. The van der Waals surface area contributed by atoms with Crippen LogP contribution in [0.4, 0.5) is 11.4 Å². The van der Waals surface area contributed by atoms with E-state index in [2.05, 4.69) is 5.32 Å². The van der Waals surface area contributed by atoms with Crippen molar-refractivity contribution in [2.75, 3.05) is 17.3 Å². The van der Waals surface area contributed by atoms with Gasteiger partial charge in [0.25, 0.3) is 5.91 Å². The molecule has 2 aliphatic carbocycles. The number of nitrogens with zero attached hydrogens (tertiary/aromatic N) is 1. The number of para-hydroxylation sites is 1. The largest absolute Gasteiger partial charge is 0.495 e. The highest BCUT2D eigenvalue weighted by Crippen LogP contribution is 2.53. The van der Waals surface area contributed by atoms with Crippen molar-refractivity contribution in [3.05, 3.63) is 65.2 Å². The second-order valence-corrected chi connectivity index (χ2v) is 8.26. The van der Waals surface area contributed by atoms with Gasteiger partial charge in [0.1, 0.15) is 5.75 Å². The van der Waals surface area contributed by atoms with Gasteiger partial charge in [0.05, 0.1) is 35.9 Å². The minimum Gasteiger partial charge on any atom is -0.495 e. The highest BCUT2D eigenvalue weighted by Gasteiger charge is 2.59. The van der Waals surface area contributed by atoms with E-state index in [1.54, 1.807) is 42.5 Å². The Morgan fingerprint density at radius 1 is 1.07 bits per heavy atom. The van der Waals surface area contributed by atoms with Crippen molar-refractivity contribution >= 4 is 40.7 Å². The van der Waals surface area contributed by atoms with E-state index in [9.17, 15) is 14.4 Å². The smallest absolute Gasteiger partial charge is 0.257 e. The summed E-state index contributed by atoms with van der Waals surface area (Å²) in [6, 6.07) is 11.5. The SMILES string of the molecule is COc1ccc(Cl)cc1NC(=O)c1ccccc1N1C(=O)[C@@H]2[C@@H](C1=O)[C@H]1C=C[C@H]2C1. The normalized spacial score (nSPS) is 26.3.